The van der Waals surface area contributed by atoms with Crippen LogP contribution < -0.4 is 0 Å². The maximum Gasteiger partial charge on any atom is 0.216 e. The minimum Gasteiger partial charge on any atom is -0.477 e. The van der Waals surface area contributed by atoms with Crippen LogP contribution in [-0.4, -0.2) is 24.2 Å². The van der Waals surface area contributed by atoms with Gasteiger partial charge in [0.2, 0.25) is 5.90 Å². The molecule has 2 saturated carbocycles. The van der Waals surface area contributed by atoms with Gasteiger partial charge in [0.1, 0.15) is 0 Å². The molecular formula is C24H37NO2. The Morgan fingerprint density at radius 1 is 0.963 bits per heavy atom. The van der Waals surface area contributed by atoms with E-state index in [-0.39, 0.29) is 0 Å². The highest BCUT2D eigenvalue weighted by Gasteiger charge is 2.15. The fourth-order valence-corrected chi connectivity index (χ4v) is 3.79. The van der Waals surface area contributed by atoms with Crippen molar-refractivity contribution in [3.8, 4) is 0 Å². The standard InChI is InChI=1S/C17H23NO.C7H14O/c1-14(2)17(18-16-11-7-4-8-12-16)19-13-15-9-5-3-6-10-15;8-6-7-4-2-1-3-5-7/h4,7-8,11-12,15H,1,3,5-6,9-10,13H2,2H3;7-8H,1-6H2. The second-order valence-corrected chi connectivity index (χ2v) is 8.03. The molecule has 2 aliphatic carbocycles. The van der Waals surface area contributed by atoms with Gasteiger partial charge in [-0.05, 0) is 56.6 Å². The second-order valence-electron chi connectivity index (χ2n) is 8.03. The lowest BCUT2D eigenvalue weighted by atomic mass is 9.90. The van der Waals surface area contributed by atoms with Crippen LogP contribution in [0.25, 0.3) is 0 Å². The molecule has 2 fully saturated rings. The Balaban J connectivity index is 0.000000273. The zero-order valence-corrected chi connectivity index (χ0v) is 17.0. The predicted octanol–water partition coefficient (Wildman–Crippen LogP) is 6.45. The average Bonchev–Trinajstić information content (AvgIpc) is 2.73. The largest absolute Gasteiger partial charge is 0.477 e. The number of aliphatic hydroxyl groups excluding tert-OH is 1. The van der Waals surface area contributed by atoms with Crippen LogP contribution in [0.4, 0.5) is 5.69 Å². The summed E-state index contributed by atoms with van der Waals surface area (Å²) in [5, 5.41) is 8.69. The van der Waals surface area contributed by atoms with Gasteiger partial charge in [-0.25, -0.2) is 4.99 Å². The summed E-state index contributed by atoms with van der Waals surface area (Å²) >= 11 is 0. The molecule has 1 aromatic rings. The Bertz CT molecular complexity index is 555. The summed E-state index contributed by atoms with van der Waals surface area (Å²) in [4.78, 5) is 4.54. The number of rotatable bonds is 5. The molecule has 3 rings (SSSR count). The van der Waals surface area contributed by atoms with Gasteiger partial charge in [-0.1, -0.05) is 63.3 Å². The average molecular weight is 372 g/mol. The quantitative estimate of drug-likeness (QED) is 0.477. The van der Waals surface area contributed by atoms with Crippen molar-refractivity contribution in [1.82, 2.24) is 0 Å². The van der Waals surface area contributed by atoms with E-state index < -0.39 is 0 Å². The van der Waals surface area contributed by atoms with Gasteiger partial charge < -0.3 is 9.84 Å². The molecule has 150 valence electrons. The molecule has 0 spiro atoms. The SMILES string of the molecule is C=C(C)C(=Nc1ccccc1)OCC1CCCCC1.OCC1CCCCC1. The molecule has 0 unspecified atom stereocenters. The second kappa shape index (κ2) is 12.7. The van der Waals surface area contributed by atoms with Crippen molar-refractivity contribution in [2.24, 2.45) is 16.8 Å². The molecule has 0 saturated heterocycles. The monoisotopic (exact) mass is 371 g/mol. The van der Waals surface area contributed by atoms with Crippen molar-refractivity contribution < 1.29 is 9.84 Å². The number of benzene rings is 1. The first kappa shape index (κ1) is 21.7. The van der Waals surface area contributed by atoms with Gasteiger partial charge in [0.05, 0.1) is 12.3 Å². The van der Waals surface area contributed by atoms with Crippen molar-refractivity contribution >= 4 is 11.6 Å². The summed E-state index contributed by atoms with van der Waals surface area (Å²) in [6.07, 6.45) is 13.2. The van der Waals surface area contributed by atoms with E-state index in [2.05, 4.69) is 11.6 Å². The van der Waals surface area contributed by atoms with Gasteiger partial charge in [-0.15, -0.1) is 0 Å². The zero-order valence-electron chi connectivity index (χ0n) is 17.0. The van der Waals surface area contributed by atoms with E-state index in [0.29, 0.717) is 24.3 Å². The molecule has 0 amide bonds. The predicted molar refractivity (Wildman–Crippen MR) is 115 cm³/mol. The highest BCUT2D eigenvalue weighted by Crippen LogP contribution is 2.24. The van der Waals surface area contributed by atoms with Gasteiger partial charge in [0, 0.05) is 12.2 Å². The summed E-state index contributed by atoms with van der Waals surface area (Å²) < 4.78 is 5.90. The number of hydrogen-bond donors (Lipinski definition) is 1. The first-order valence-electron chi connectivity index (χ1n) is 10.7. The molecule has 1 aromatic carbocycles. The van der Waals surface area contributed by atoms with E-state index in [1.807, 2.05) is 37.3 Å². The molecule has 1 N–H and O–H groups in total. The molecule has 0 aromatic heterocycles. The van der Waals surface area contributed by atoms with Crippen LogP contribution in [-0.2, 0) is 4.74 Å². The summed E-state index contributed by atoms with van der Waals surface area (Å²) in [5.41, 5.74) is 1.81. The molecular weight excluding hydrogens is 334 g/mol. The van der Waals surface area contributed by atoms with Crippen molar-refractivity contribution in [3.63, 3.8) is 0 Å². The number of nitrogens with zero attached hydrogens (tertiary/aromatic N) is 1. The number of aliphatic hydroxyl groups is 1. The molecule has 0 atom stereocenters. The lowest BCUT2D eigenvalue weighted by molar-refractivity contribution is 0.190. The van der Waals surface area contributed by atoms with Crippen LogP contribution in [0.5, 0.6) is 0 Å². The van der Waals surface area contributed by atoms with Gasteiger partial charge >= 0.3 is 0 Å². The van der Waals surface area contributed by atoms with Gasteiger partial charge in [0.15, 0.2) is 0 Å². The number of aliphatic imine (C=N–C) groups is 1. The Kier molecular flexibility index (Phi) is 10.2. The fourth-order valence-electron chi connectivity index (χ4n) is 3.79. The first-order valence-corrected chi connectivity index (χ1v) is 10.7. The zero-order chi connectivity index (χ0) is 19.3. The van der Waals surface area contributed by atoms with E-state index in [0.717, 1.165) is 17.9 Å². The maximum absolute atomic E-state index is 8.69. The minimum atomic E-state index is 0.417. The molecule has 0 radical (unpaired) electrons. The topological polar surface area (TPSA) is 41.8 Å². The highest BCUT2D eigenvalue weighted by atomic mass is 16.5. The van der Waals surface area contributed by atoms with E-state index in [4.69, 9.17) is 9.84 Å². The Morgan fingerprint density at radius 2 is 1.52 bits per heavy atom. The van der Waals surface area contributed by atoms with E-state index in [9.17, 15) is 0 Å². The number of ether oxygens (including phenoxy) is 1. The van der Waals surface area contributed by atoms with Crippen molar-refractivity contribution in [1.29, 1.82) is 0 Å². The molecule has 3 heteroatoms. The third-order valence-electron chi connectivity index (χ3n) is 5.52. The van der Waals surface area contributed by atoms with Crippen LogP contribution in [0, 0.1) is 11.8 Å². The molecule has 0 heterocycles. The molecule has 27 heavy (non-hydrogen) atoms. The Hall–Kier alpha value is -1.61. The molecule has 0 bridgehead atoms. The first-order chi connectivity index (χ1) is 13.2. The van der Waals surface area contributed by atoms with Crippen LogP contribution >= 0.6 is 0 Å². The van der Waals surface area contributed by atoms with Crippen LogP contribution in [0.2, 0.25) is 0 Å². The Morgan fingerprint density at radius 3 is 2.00 bits per heavy atom. The normalized spacial score (nSPS) is 19.1. The minimum absolute atomic E-state index is 0.417. The van der Waals surface area contributed by atoms with Crippen LogP contribution in [0.1, 0.15) is 71.1 Å². The summed E-state index contributed by atoms with van der Waals surface area (Å²) in [6.45, 7) is 7.10. The maximum atomic E-state index is 8.69. The van der Waals surface area contributed by atoms with Gasteiger partial charge in [-0.3, -0.25) is 0 Å². The van der Waals surface area contributed by atoms with Gasteiger partial charge in [0.25, 0.3) is 0 Å². The number of hydrogen-bond acceptors (Lipinski definition) is 3. The lowest BCUT2D eigenvalue weighted by Gasteiger charge is -2.22. The number of para-hydroxylation sites is 1. The highest BCUT2D eigenvalue weighted by molar-refractivity contribution is 5.94. The third-order valence-corrected chi connectivity index (χ3v) is 5.52. The van der Waals surface area contributed by atoms with Crippen molar-refractivity contribution in [3.05, 3.63) is 42.5 Å². The fraction of sp³-hybridized carbons (Fsp3) is 0.625. The summed E-state index contributed by atoms with van der Waals surface area (Å²) in [6, 6.07) is 9.91. The van der Waals surface area contributed by atoms with Crippen LogP contribution in [0.3, 0.4) is 0 Å². The van der Waals surface area contributed by atoms with Crippen molar-refractivity contribution in [2.75, 3.05) is 13.2 Å². The third kappa shape index (κ3) is 8.75. The van der Waals surface area contributed by atoms with Crippen LogP contribution in [0.15, 0.2) is 47.5 Å². The lowest BCUT2D eigenvalue weighted by Crippen LogP contribution is -2.17. The smallest absolute Gasteiger partial charge is 0.216 e. The summed E-state index contributed by atoms with van der Waals surface area (Å²) in [7, 11) is 0. The Labute approximate surface area is 165 Å². The van der Waals surface area contributed by atoms with E-state index in [1.165, 1.54) is 64.2 Å². The molecule has 3 nitrogen and oxygen atoms in total. The van der Waals surface area contributed by atoms with E-state index in [1.54, 1.807) is 0 Å². The molecule has 0 aliphatic heterocycles. The summed E-state index contributed by atoms with van der Waals surface area (Å²) in [5.74, 6) is 2.01. The van der Waals surface area contributed by atoms with Crippen molar-refractivity contribution in [2.45, 2.75) is 71.1 Å². The molecule has 2 aliphatic rings. The van der Waals surface area contributed by atoms with Gasteiger partial charge in [-0.2, -0.15) is 0 Å². The van der Waals surface area contributed by atoms with E-state index >= 15 is 0 Å².